The second-order valence-electron chi connectivity index (χ2n) is 4.61. The Morgan fingerprint density at radius 3 is 3.00 bits per heavy atom. The molecular formula is C11H19N3. The van der Waals surface area contributed by atoms with Gasteiger partial charge in [-0.25, -0.2) is 0 Å². The molecule has 2 N–H and O–H groups in total. The molecule has 78 valence electrons. The number of aromatic nitrogens is 2. The zero-order valence-electron chi connectivity index (χ0n) is 9.20. The quantitative estimate of drug-likeness (QED) is 0.733. The third kappa shape index (κ3) is 1.46. The topological polar surface area (TPSA) is 43.8 Å². The predicted octanol–water partition coefficient (Wildman–Crippen LogP) is 1.43. The van der Waals surface area contributed by atoms with Gasteiger partial charge in [-0.05, 0) is 31.2 Å². The van der Waals surface area contributed by atoms with E-state index in [1.165, 1.54) is 17.7 Å². The van der Waals surface area contributed by atoms with Gasteiger partial charge in [-0.2, -0.15) is 5.10 Å². The van der Waals surface area contributed by atoms with Crippen LogP contribution >= 0.6 is 0 Å². The second kappa shape index (κ2) is 3.39. The standard InChI is InChI=1S/C11H19N3/c1-7-4-5-9-6-14(3)13-11(9)10(7)8(2)12/h6-8,10H,4-5,12H2,1-3H3. The third-order valence-electron chi connectivity index (χ3n) is 3.30. The molecule has 0 amide bonds. The average molecular weight is 193 g/mol. The maximum absolute atomic E-state index is 6.03. The van der Waals surface area contributed by atoms with Crippen LogP contribution < -0.4 is 5.73 Å². The maximum Gasteiger partial charge on any atom is 0.0705 e. The number of nitrogens with zero attached hydrogens (tertiary/aromatic N) is 2. The van der Waals surface area contributed by atoms with E-state index in [9.17, 15) is 0 Å². The van der Waals surface area contributed by atoms with Crippen molar-refractivity contribution in [2.24, 2.45) is 18.7 Å². The van der Waals surface area contributed by atoms with Gasteiger partial charge in [0.25, 0.3) is 0 Å². The Morgan fingerprint density at radius 2 is 2.36 bits per heavy atom. The van der Waals surface area contributed by atoms with Gasteiger partial charge >= 0.3 is 0 Å². The van der Waals surface area contributed by atoms with Gasteiger partial charge in [0.2, 0.25) is 0 Å². The van der Waals surface area contributed by atoms with Gasteiger partial charge < -0.3 is 5.73 Å². The van der Waals surface area contributed by atoms with E-state index >= 15 is 0 Å². The molecule has 3 unspecified atom stereocenters. The molecule has 1 aromatic rings. The Labute approximate surface area is 85.3 Å². The molecule has 0 saturated carbocycles. The first-order valence-electron chi connectivity index (χ1n) is 5.37. The highest BCUT2D eigenvalue weighted by atomic mass is 15.3. The van der Waals surface area contributed by atoms with Crippen molar-refractivity contribution in [1.82, 2.24) is 9.78 Å². The molecule has 0 fully saturated rings. The van der Waals surface area contributed by atoms with Crippen LogP contribution in [0.15, 0.2) is 6.20 Å². The minimum absolute atomic E-state index is 0.207. The molecule has 1 aliphatic carbocycles. The van der Waals surface area contributed by atoms with Crippen molar-refractivity contribution >= 4 is 0 Å². The molecule has 0 aliphatic heterocycles. The van der Waals surface area contributed by atoms with E-state index in [2.05, 4.69) is 25.1 Å². The van der Waals surface area contributed by atoms with Crippen LogP contribution in [0.1, 0.15) is 37.4 Å². The summed E-state index contributed by atoms with van der Waals surface area (Å²) >= 11 is 0. The predicted molar refractivity (Wildman–Crippen MR) is 57.1 cm³/mol. The lowest BCUT2D eigenvalue weighted by atomic mass is 9.76. The molecule has 1 aromatic heterocycles. The lowest BCUT2D eigenvalue weighted by molar-refractivity contribution is 0.354. The van der Waals surface area contributed by atoms with Gasteiger partial charge in [-0.3, -0.25) is 4.68 Å². The van der Waals surface area contributed by atoms with Crippen molar-refractivity contribution in [2.75, 3.05) is 0 Å². The van der Waals surface area contributed by atoms with Crippen LogP contribution in [-0.2, 0) is 13.5 Å². The highest BCUT2D eigenvalue weighted by molar-refractivity contribution is 5.26. The molecular weight excluding hydrogens is 174 g/mol. The summed E-state index contributed by atoms with van der Waals surface area (Å²) in [6.07, 6.45) is 4.54. The highest BCUT2D eigenvalue weighted by Crippen LogP contribution is 2.36. The van der Waals surface area contributed by atoms with E-state index in [0.29, 0.717) is 11.8 Å². The minimum Gasteiger partial charge on any atom is -0.327 e. The van der Waals surface area contributed by atoms with Crippen molar-refractivity contribution in [2.45, 2.75) is 38.6 Å². The summed E-state index contributed by atoms with van der Waals surface area (Å²) in [7, 11) is 1.99. The molecule has 3 heteroatoms. The Hall–Kier alpha value is -0.830. The van der Waals surface area contributed by atoms with Crippen molar-refractivity contribution in [3.63, 3.8) is 0 Å². The molecule has 3 nitrogen and oxygen atoms in total. The Kier molecular flexibility index (Phi) is 2.35. The first-order chi connectivity index (χ1) is 6.59. The average Bonchev–Trinajstić information content (AvgIpc) is 2.43. The zero-order valence-corrected chi connectivity index (χ0v) is 9.20. The third-order valence-corrected chi connectivity index (χ3v) is 3.30. The molecule has 2 rings (SSSR count). The van der Waals surface area contributed by atoms with E-state index in [1.807, 2.05) is 11.7 Å². The fraction of sp³-hybridized carbons (Fsp3) is 0.727. The molecule has 1 heterocycles. The smallest absolute Gasteiger partial charge is 0.0705 e. The van der Waals surface area contributed by atoms with E-state index in [0.717, 1.165) is 6.42 Å². The SMILES string of the molecule is CC(N)C1c2nn(C)cc2CCC1C. The summed E-state index contributed by atoms with van der Waals surface area (Å²) in [5.41, 5.74) is 8.67. The highest BCUT2D eigenvalue weighted by Gasteiger charge is 2.31. The summed E-state index contributed by atoms with van der Waals surface area (Å²) in [4.78, 5) is 0. The molecule has 3 atom stereocenters. The summed E-state index contributed by atoms with van der Waals surface area (Å²) < 4.78 is 1.91. The fourth-order valence-electron chi connectivity index (χ4n) is 2.63. The Bertz CT molecular complexity index is 327. The minimum atomic E-state index is 0.207. The van der Waals surface area contributed by atoms with Gasteiger partial charge in [0.05, 0.1) is 5.69 Å². The van der Waals surface area contributed by atoms with Crippen LogP contribution in [0.5, 0.6) is 0 Å². The first-order valence-corrected chi connectivity index (χ1v) is 5.37. The van der Waals surface area contributed by atoms with E-state index in [1.54, 1.807) is 0 Å². The number of hydrogen-bond acceptors (Lipinski definition) is 2. The number of aryl methyl sites for hydroxylation is 2. The largest absolute Gasteiger partial charge is 0.327 e. The normalized spacial score (nSPS) is 28.6. The molecule has 0 radical (unpaired) electrons. The van der Waals surface area contributed by atoms with Gasteiger partial charge in [0.1, 0.15) is 0 Å². The van der Waals surface area contributed by atoms with Gasteiger partial charge in [-0.15, -0.1) is 0 Å². The van der Waals surface area contributed by atoms with Crippen LogP contribution in [0.4, 0.5) is 0 Å². The van der Waals surface area contributed by atoms with Crippen LogP contribution in [0.3, 0.4) is 0 Å². The summed E-state index contributed by atoms with van der Waals surface area (Å²) in [5.74, 6) is 1.11. The number of hydrogen-bond donors (Lipinski definition) is 1. The Balaban J connectivity index is 2.40. The van der Waals surface area contributed by atoms with E-state index in [-0.39, 0.29) is 6.04 Å². The first kappa shape index (κ1) is 9.71. The van der Waals surface area contributed by atoms with E-state index in [4.69, 9.17) is 5.73 Å². The zero-order chi connectivity index (χ0) is 10.3. The number of fused-ring (bicyclic) bond motifs is 1. The summed E-state index contributed by atoms with van der Waals surface area (Å²) in [5, 5.41) is 4.54. The number of rotatable bonds is 1. The maximum atomic E-state index is 6.03. The van der Waals surface area contributed by atoms with Crippen LogP contribution in [0.2, 0.25) is 0 Å². The molecule has 0 saturated heterocycles. The lowest BCUT2D eigenvalue weighted by Crippen LogP contribution is -2.33. The lowest BCUT2D eigenvalue weighted by Gasteiger charge is -2.30. The van der Waals surface area contributed by atoms with Crippen LogP contribution in [0, 0.1) is 5.92 Å². The number of nitrogens with two attached hydrogens (primary N) is 1. The fourth-order valence-corrected chi connectivity index (χ4v) is 2.63. The van der Waals surface area contributed by atoms with Crippen LogP contribution in [0.25, 0.3) is 0 Å². The van der Waals surface area contributed by atoms with Crippen molar-refractivity contribution in [3.05, 3.63) is 17.5 Å². The molecule has 0 aromatic carbocycles. The molecule has 1 aliphatic rings. The summed E-state index contributed by atoms with van der Waals surface area (Å²) in [6.45, 7) is 4.37. The summed E-state index contributed by atoms with van der Waals surface area (Å²) in [6, 6.07) is 0.207. The molecule has 14 heavy (non-hydrogen) atoms. The monoisotopic (exact) mass is 193 g/mol. The van der Waals surface area contributed by atoms with Crippen molar-refractivity contribution in [3.8, 4) is 0 Å². The van der Waals surface area contributed by atoms with Gasteiger partial charge in [-0.1, -0.05) is 6.92 Å². The van der Waals surface area contributed by atoms with Crippen LogP contribution in [-0.4, -0.2) is 15.8 Å². The van der Waals surface area contributed by atoms with Gasteiger partial charge in [0.15, 0.2) is 0 Å². The van der Waals surface area contributed by atoms with Crippen molar-refractivity contribution in [1.29, 1.82) is 0 Å². The van der Waals surface area contributed by atoms with E-state index < -0.39 is 0 Å². The van der Waals surface area contributed by atoms with Crippen molar-refractivity contribution < 1.29 is 0 Å². The second-order valence-corrected chi connectivity index (χ2v) is 4.61. The van der Waals surface area contributed by atoms with Gasteiger partial charge in [0, 0.05) is 25.2 Å². The Morgan fingerprint density at radius 1 is 1.64 bits per heavy atom. The molecule has 0 spiro atoms. The molecule has 0 bridgehead atoms.